The maximum atomic E-state index is 13.6. The lowest BCUT2D eigenvalue weighted by atomic mass is 9.87. The Labute approximate surface area is 93.4 Å². The van der Waals surface area contributed by atoms with Gasteiger partial charge in [-0.15, -0.1) is 0 Å². The molecular weight excluding hydrogens is 242 g/mol. The van der Waals surface area contributed by atoms with Crippen molar-refractivity contribution in [3.63, 3.8) is 0 Å². The predicted octanol–water partition coefficient (Wildman–Crippen LogP) is 1.51. The van der Waals surface area contributed by atoms with Crippen LogP contribution in [-0.2, 0) is 9.59 Å². The zero-order valence-electron chi connectivity index (χ0n) is 8.85. The van der Waals surface area contributed by atoms with Gasteiger partial charge in [0.05, 0.1) is 11.1 Å². The number of nitrogens with zero attached hydrogens (tertiary/aromatic N) is 1. The van der Waals surface area contributed by atoms with E-state index in [1.54, 1.807) is 0 Å². The normalized spacial score (nSPS) is 33.8. The number of fused-ring (bicyclic) bond motifs is 1. The van der Waals surface area contributed by atoms with Gasteiger partial charge in [0.2, 0.25) is 0 Å². The van der Waals surface area contributed by atoms with E-state index in [2.05, 4.69) is 0 Å². The van der Waals surface area contributed by atoms with E-state index in [0.29, 0.717) is 11.8 Å². The lowest BCUT2D eigenvalue weighted by Gasteiger charge is -2.26. The van der Waals surface area contributed by atoms with Crippen molar-refractivity contribution >= 4 is 11.8 Å². The number of hydrogen-bond donors (Lipinski definition) is 0. The van der Waals surface area contributed by atoms with E-state index in [1.807, 2.05) is 0 Å². The molecule has 3 nitrogen and oxygen atoms in total. The lowest BCUT2D eigenvalue weighted by molar-refractivity contribution is -0.134. The van der Waals surface area contributed by atoms with Crippen LogP contribution in [0, 0.1) is 0 Å². The van der Waals surface area contributed by atoms with Crippen molar-refractivity contribution < 1.29 is 27.2 Å². The lowest BCUT2D eigenvalue weighted by Crippen LogP contribution is -2.38. The molecule has 0 aromatic carbocycles. The van der Waals surface area contributed by atoms with E-state index in [1.165, 1.54) is 0 Å². The Kier molecular flexibility index (Phi) is 2.21. The van der Waals surface area contributed by atoms with Crippen molar-refractivity contribution in [3.8, 4) is 0 Å². The third kappa shape index (κ3) is 1.22. The SMILES string of the molecule is CN1C(=O)C2=C(F)C(F)C(C)(F)C(F)=C2C1=O. The minimum atomic E-state index is -3.27. The Hall–Kier alpha value is -1.66. The summed E-state index contributed by atoms with van der Waals surface area (Å²) in [5.41, 5.74) is -5.31. The topological polar surface area (TPSA) is 37.4 Å². The number of likely N-dealkylation sites (N-methyl/N-ethyl adjacent to an activating group) is 1. The second-order valence-corrected chi connectivity index (χ2v) is 4.02. The smallest absolute Gasteiger partial charge is 0.264 e. The predicted molar refractivity (Wildman–Crippen MR) is 48.5 cm³/mol. The maximum Gasteiger partial charge on any atom is 0.264 e. The highest BCUT2D eigenvalue weighted by Crippen LogP contribution is 2.46. The molecule has 0 aromatic rings. The van der Waals surface area contributed by atoms with Gasteiger partial charge in [-0.1, -0.05) is 0 Å². The first-order valence-electron chi connectivity index (χ1n) is 4.67. The number of likely N-dealkylation sites (tertiary alicyclic amines) is 1. The molecule has 0 aromatic heterocycles. The number of imide groups is 1. The molecule has 1 saturated heterocycles. The average molecular weight is 249 g/mol. The van der Waals surface area contributed by atoms with Crippen molar-refractivity contribution in [1.29, 1.82) is 0 Å². The molecule has 1 fully saturated rings. The fraction of sp³-hybridized carbons (Fsp3) is 0.400. The summed E-state index contributed by atoms with van der Waals surface area (Å²) in [6.45, 7) is 0.479. The molecule has 2 aliphatic rings. The van der Waals surface area contributed by atoms with Gasteiger partial charge in [-0.3, -0.25) is 14.5 Å². The van der Waals surface area contributed by atoms with Gasteiger partial charge in [0, 0.05) is 7.05 Å². The second-order valence-electron chi connectivity index (χ2n) is 4.02. The van der Waals surface area contributed by atoms with Crippen molar-refractivity contribution in [3.05, 3.63) is 22.8 Å². The van der Waals surface area contributed by atoms with E-state index in [0.717, 1.165) is 7.05 Å². The molecule has 0 radical (unpaired) electrons. The Morgan fingerprint density at radius 3 is 2.18 bits per heavy atom. The first kappa shape index (κ1) is 11.8. The molecule has 2 rings (SSSR count). The highest BCUT2D eigenvalue weighted by Gasteiger charge is 2.55. The van der Waals surface area contributed by atoms with Gasteiger partial charge in [-0.25, -0.2) is 17.6 Å². The first-order valence-corrected chi connectivity index (χ1v) is 4.67. The molecule has 0 saturated carbocycles. The molecule has 0 spiro atoms. The van der Waals surface area contributed by atoms with Crippen LogP contribution in [0.15, 0.2) is 22.8 Å². The van der Waals surface area contributed by atoms with E-state index in [-0.39, 0.29) is 0 Å². The van der Waals surface area contributed by atoms with Gasteiger partial charge in [-0.2, -0.15) is 0 Å². The van der Waals surface area contributed by atoms with E-state index in [9.17, 15) is 27.2 Å². The molecule has 1 aliphatic heterocycles. The highest BCUT2D eigenvalue weighted by molar-refractivity contribution is 6.25. The third-order valence-corrected chi connectivity index (χ3v) is 2.87. The van der Waals surface area contributed by atoms with Crippen LogP contribution in [0.1, 0.15) is 6.92 Å². The van der Waals surface area contributed by atoms with Crippen LogP contribution in [-0.4, -0.2) is 35.6 Å². The van der Waals surface area contributed by atoms with Crippen LogP contribution in [0.3, 0.4) is 0 Å². The highest BCUT2D eigenvalue weighted by atomic mass is 19.2. The van der Waals surface area contributed by atoms with Crippen LogP contribution < -0.4 is 0 Å². The average Bonchev–Trinajstić information content (AvgIpc) is 2.49. The zero-order chi connectivity index (χ0) is 13.1. The standard InChI is InChI=1S/C10H7F4NO2/c1-10(14)6(12)4-3(5(11)7(10)13)8(16)15(2)9(4)17/h7H,1-2H3. The van der Waals surface area contributed by atoms with Gasteiger partial charge in [0.25, 0.3) is 11.8 Å². The van der Waals surface area contributed by atoms with Gasteiger partial charge in [0.15, 0.2) is 23.5 Å². The summed E-state index contributed by atoms with van der Waals surface area (Å²) in [4.78, 5) is 23.2. The summed E-state index contributed by atoms with van der Waals surface area (Å²) in [6, 6.07) is 0. The molecule has 92 valence electrons. The van der Waals surface area contributed by atoms with Gasteiger partial charge < -0.3 is 0 Å². The van der Waals surface area contributed by atoms with E-state index < -0.39 is 46.5 Å². The number of amides is 2. The Morgan fingerprint density at radius 1 is 1.18 bits per heavy atom. The molecule has 0 bridgehead atoms. The second kappa shape index (κ2) is 3.18. The number of alkyl halides is 2. The number of carbonyl (C=O) groups is 2. The number of hydrogen-bond acceptors (Lipinski definition) is 2. The number of allylic oxidation sites excluding steroid dienone is 2. The Balaban J connectivity index is 2.78. The summed E-state index contributed by atoms with van der Waals surface area (Å²) in [5, 5.41) is 0. The first-order chi connectivity index (χ1) is 7.71. The van der Waals surface area contributed by atoms with Crippen LogP contribution in [0.2, 0.25) is 0 Å². The molecule has 17 heavy (non-hydrogen) atoms. The van der Waals surface area contributed by atoms with E-state index >= 15 is 0 Å². The van der Waals surface area contributed by atoms with Gasteiger partial charge >= 0.3 is 0 Å². The third-order valence-electron chi connectivity index (χ3n) is 2.87. The van der Waals surface area contributed by atoms with Crippen LogP contribution in [0.25, 0.3) is 0 Å². The molecule has 2 atom stereocenters. The molecular formula is C10H7F4NO2. The van der Waals surface area contributed by atoms with Crippen LogP contribution in [0.5, 0.6) is 0 Å². The minimum Gasteiger partial charge on any atom is -0.277 e. The van der Waals surface area contributed by atoms with Crippen molar-refractivity contribution in [2.24, 2.45) is 0 Å². The molecule has 7 heteroatoms. The van der Waals surface area contributed by atoms with Gasteiger partial charge in [0.1, 0.15) is 0 Å². The number of halogens is 4. The quantitative estimate of drug-likeness (QED) is 0.482. The summed E-state index contributed by atoms with van der Waals surface area (Å²) in [7, 11) is 0.979. The zero-order valence-corrected chi connectivity index (χ0v) is 8.85. The number of carbonyl (C=O) groups excluding carboxylic acids is 2. The summed E-state index contributed by atoms with van der Waals surface area (Å²) < 4.78 is 54.0. The van der Waals surface area contributed by atoms with Crippen molar-refractivity contribution in [1.82, 2.24) is 4.90 Å². The number of rotatable bonds is 0. The fourth-order valence-corrected chi connectivity index (χ4v) is 1.79. The molecule has 1 heterocycles. The van der Waals surface area contributed by atoms with Crippen LogP contribution >= 0.6 is 0 Å². The fourth-order valence-electron chi connectivity index (χ4n) is 1.79. The molecule has 0 N–H and O–H groups in total. The van der Waals surface area contributed by atoms with E-state index in [4.69, 9.17) is 0 Å². The van der Waals surface area contributed by atoms with Gasteiger partial charge in [-0.05, 0) is 6.92 Å². The molecule has 2 amide bonds. The largest absolute Gasteiger partial charge is 0.277 e. The minimum absolute atomic E-state index is 0.415. The Bertz CT molecular complexity index is 506. The van der Waals surface area contributed by atoms with Crippen LogP contribution in [0.4, 0.5) is 17.6 Å². The summed E-state index contributed by atoms with van der Waals surface area (Å²) >= 11 is 0. The summed E-state index contributed by atoms with van der Waals surface area (Å²) in [5.74, 6) is -5.83. The Morgan fingerprint density at radius 2 is 1.65 bits per heavy atom. The van der Waals surface area contributed by atoms with Crippen molar-refractivity contribution in [2.45, 2.75) is 18.8 Å². The molecule has 1 aliphatic carbocycles. The maximum absolute atomic E-state index is 13.6. The summed E-state index contributed by atoms with van der Waals surface area (Å²) in [6.07, 6.45) is -2.93. The monoisotopic (exact) mass is 249 g/mol. The molecule has 2 unspecified atom stereocenters. The van der Waals surface area contributed by atoms with Crippen molar-refractivity contribution in [2.75, 3.05) is 7.05 Å².